The zero-order valence-electron chi connectivity index (χ0n) is 24.3. The van der Waals surface area contributed by atoms with E-state index in [0.717, 1.165) is 22.3 Å². The molecule has 0 bridgehead atoms. The number of rotatable bonds is 4. The number of aryl methyl sites for hydroxylation is 2. The Morgan fingerprint density at radius 2 is 0.750 bits per heavy atom. The van der Waals surface area contributed by atoms with Gasteiger partial charge in [-0.1, -0.05) is 97.1 Å². The predicted molar refractivity (Wildman–Crippen MR) is 164 cm³/mol. The summed E-state index contributed by atoms with van der Waals surface area (Å²) in [6, 6.07) is 30.9. The van der Waals surface area contributed by atoms with E-state index in [0.29, 0.717) is 11.4 Å². The zero-order chi connectivity index (χ0) is 30.3. The van der Waals surface area contributed by atoms with E-state index < -0.39 is 36.0 Å². The maximum Gasteiger partial charge on any atom is 0.253 e. The molecule has 4 heterocycles. The highest BCUT2D eigenvalue weighted by atomic mass is 16.2. The molecule has 8 heteroatoms. The summed E-state index contributed by atoms with van der Waals surface area (Å²) in [4.78, 5) is 60.6. The van der Waals surface area contributed by atoms with Crippen molar-refractivity contribution in [3.8, 4) is 0 Å². The Bertz CT molecular complexity index is 1710. The SMILES string of the molecule is Cc1ccccc1N1C(=O)[C@H]2[C@@H](C1=O)N1[C@@H](c3ccccc3)[C@H]3C(=O)N(c4ccccc4C)C(=O)[C@@H]3N1[C@@H]2c1ccccc1. The number of nitrogens with zero attached hydrogens (tertiary/aromatic N) is 4. The number of hydrogen-bond donors (Lipinski definition) is 0. The van der Waals surface area contributed by atoms with E-state index in [1.165, 1.54) is 9.80 Å². The minimum atomic E-state index is -0.879. The standard InChI is InChI=1S/C36H30N4O4/c1-21-13-9-11-19-25(21)37-33(41)27-29(23-15-5-3-6-16-23)40-32-28(34(42)38(36(32)44)26-20-12-10-14-22(26)2)30(24-17-7-4-8-18-24)39(40)31(27)35(37)43/h3-20,27-32H,1-2H3/t27-,28-,29-,30+,31+,32-/m1/s1. The van der Waals surface area contributed by atoms with Gasteiger partial charge in [-0.15, -0.1) is 0 Å². The summed E-state index contributed by atoms with van der Waals surface area (Å²) < 4.78 is 0. The lowest BCUT2D eigenvalue weighted by Gasteiger charge is -2.36. The fraction of sp³-hybridized carbons (Fsp3) is 0.222. The smallest absolute Gasteiger partial charge is 0.253 e. The van der Waals surface area contributed by atoms with Gasteiger partial charge >= 0.3 is 0 Å². The van der Waals surface area contributed by atoms with Gasteiger partial charge in [0.05, 0.1) is 35.3 Å². The van der Waals surface area contributed by atoms with Crippen LogP contribution in [0.5, 0.6) is 0 Å². The molecule has 0 radical (unpaired) electrons. The lowest BCUT2D eigenvalue weighted by atomic mass is 9.84. The summed E-state index contributed by atoms with van der Waals surface area (Å²) in [7, 11) is 0. The summed E-state index contributed by atoms with van der Waals surface area (Å²) in [5.74, 6) is -2.82. The van der Waals surface area contributed by atoms with Crippen LogP contribution >= 0.6 is 0 Å². The summed E-state index contributed by atoms with van der Waals surface area (Å²) in [5.41, 5.74) is 4.39. The predicted octanol–water partition coefficient (Wildman–Crippen LogP) is 4.75. The quantitative estimate of drug-likeness (QED) is 0.323. The topological polar surface area (TPSA) is 81.2 Å². The Kier molecular flexibility index (Phi) is 5.95. The number of fused-ring (bicyclic) bond motifs is 5. The second kappa shape index (κ2) is 9.80. The van der Waals surface area contributed by atoms with Gasteiger partial charge in [-0.2, -0.15) is 0 Å². The highest BCUT2D eigenvalue weighted by Crippen LogP contribution is 2.59. The van der Waals surface area contributed by atoms with Gasteiger partial charge in [0.1, 0.15) is 12.1 Å². The largest absolute Gasteiger partial charge is 0.274 e. The summed E-state index contributed by atoms with van der Waals surface area (Å²) in [5, 5.41) is 3.83. The van der Waals surface area contributed by atoms with Crippen LogP contribution < -0.4 is 9.80 Å². The monoisotopic (exact) mass is 582 g/mol. The summed E-state index contributed by atoms with van der Waals surface area (Å²) in [6.45, 7) is 3.77. The number of hydrazine groups is 1. The molecule has 4 aliphatic rings. The number of carbonyl (C=O) groups is 4. The molecule has 44 heavy (non-hydrogen) atoms. The van der Waals surface area contributed by atoms with Crippen LogP contribution in [-0.4, -0.2) is 45.7 Å². The molecule has 0 spiro atoms. The van der Waals surface area contributed by atoms with Crippen molar-refractivity contribution in [2.75, 3.05) is 9.80 Å². The van der Waals surface area contributed by atoms with Crippen molar-refractivity contribution in [3.05, 3.63) is 131 Å². The zero-order valence-corrected chi connectivity index (χ0v) is 24.3. The Labute approximate surface area is 255 Å². The van der Waals surface area contributed by atoms with Crippen molar-refractivity contribution in [2.24, 2.45) is 11.8 Å². The van der Waals surface area contributed by atoms with Crippen LogP contribution in [0.4, 0.5) is 11.4 Å². The lowest BCUT2D eigenvalue weighted by molar-refractivity contribution is -0.136. The van der Waals surface area contributed by atoms with E-state index in [-0.39, 0.29) is 23.6 Å². The molecular formula is C36H30N4O4. The molecule has 4 fully saturated rings. The van der Waals surface area contributed by atoms with E-state index in [2.05, 4.69) is 0 Å². The number of hydrogen-bond acceptors (Lipinski definition) is 6. The van der Waals surface area contributed by atoms with Crippen LogP contribution in [0.1, 0.15) is 34.3 Å². The highest BCUT2D eigenvalue weighted by molar-refractivity contribution is 6.26. The first kappa shape index (κ1) is 26.7. The molecule has 0 unspecified atom stereocenters. The first-order chi connectivity index (χ1) is 21.4. The van der Waals surface area contributed by atoms with E-state index in [1.807, 2.05) is 121 Å². The van der Waals surface area contributed by atoms with Gasteiger partial charge in [0.15, 0.2) is 0 Å². The van der Waals surface area contributed by atoms with Crippen molar-refractivity contribution in [2.45, 2.75) is 38.0 Å². The molecule has 4 amide bonds. The fourth-order valence-electron chi connectivity index (χ4n) is 7.90. The molecule has 4 aromatic rings. The number of anilines is 2. The molecule has 0 aliphatic carbocycles. The van der Waals surface area contributed by atoms with Crippen molar-refractivity contribution < 1.29 is 19.2 Å². The molecule has 0 aromatic heterocycles. The molecule has 218 valence electrons. The number of amides is 4. The Morgan fingerprint density at radius 3 is 1.11 bits per heavy atom. The molecule has 8 nitrogen and oxygen atoms in total. The van der Waals surface area contributed by atoms with E-state index >= 15 is 0 Å². The third-order valence-corrected chi connectivity index (χ3v) is 9.72. The molecule has 6 atom stereocenters. The normalized spacial score (nSPS) is 28.1. The Hall–Kier alpha value is -4.92. The molecule has 4 aromatic carbocycles. The molecule has 4 saturated heterocycles. The minimum Gasteiger partial charge on any atom is -0.274 e. The maximum atomic E-state index is 14.5. The van der Waals surface area contributed by atoms with Gasteiger partial charge < -0.3 is 0 Å². The van der Waals surface area contributed by atoms with Crippen LogP contribution in [0.3, 0.4) is 0 Å². The number of carbonyl (C=O) groups excluding carboxylic acids is 4. The average molecular weight is 583 g/mol. The van der Waals surface area contributed by atoms with E-state index in [4.69, 9.17) is 0 Å². The Balaban J connectivity index is 1.34. The lowest BCUT2D eigenvalue weighted by Crippen LogP contribution is -2.50. The van der Waals surface area contributed by atoms with Crippen LogP contribution in [-0.2, 0) is 19.2 Å². The van der Waals surface area contributed by atoms with Gasteiger partial charge in [0.25, 0.3) is 11.8 Å². The fourth-order valence-corrected chi connectivity index (χ4v) is 7.90. The first-order valence-electron chi connectivity index (χ1n) is 14.9. The van der Waals surface area contributed by atoms with Gasteiger partial charge in [-0.3, -0.25) is 19.2 Å². The van der Waals surface area contributed by atoms with Crippen molar-refractivity contribution in [3.63, 3.8) is 0 Å². The van der Waals surface area contributed by atoms with E-state index in [9.17, 15) is 19.2 Å². The van der Waals surface area contributed by atoms with Crippen LogP contribution in [0.15, 0.2) is 109 Å². The highest BCUT2D eigenvalue weighted by Gasteiger charge is 2.73. The summed E-state index contributed by atoms with van der Waals surface area (Å²) in [6.07, 6.45) is 0. The molecule has 4 aliphatic heterocycles. The average Bonchev–Trinajstić information content (AvgIpc) is 3.70. The van der Waals surface area contributed by atoms with Gasteiger partial charge in [0.2, 0.25) is 11.8 Å². The summed E-state index contributed by atoms with van der Waals surface area (Å²) >= 11 is 0. The van der Waals surface area contributed by atoms with Crippen LogP contribution in [0, 0.1) is 25.7 Å². The number of benzene rings is 4. The first-order valence-corrected chi connectivity index (χ1v) is 14.9. The van der Waals surface area contributed by atoms with Gasteiger partial charge in [-0.25, -0.2) is 19.8 Å². The second-order valence-corrected chi connectivity index (χ2v) is 12.0. The molecule has 0 N–H and O–H groups in total. The third kappa shape index (κ3) is 3.52. The van der Waals surface area contributed by atoms with Gasteiger partial charge in [-0.05, 0) is 48.2 Å². The number of imide groups is 2. The van der Waals surface area contributed by atoms with Crippen molar-refractivity contribution in [1.82, 2.24) is 10.0 Å². The van der Waals surface area contributed by atoms with Gasteiger partial charge in [0, 0.05) is 0 Å². The Morgan fingerprint density at radius 1 is 0.409 bits per heavy atom. The van der Waals surface area contributed by atoms with E-state index in [1.54, 1.807) is 12.1 Å². The minimum absolute atomic E-state index is 0.298. The number of para-hydroxylation sites is 2. The van der Waals surface area contributed by atoms with Crippen molar-refractivity contribution >= 4 is 35.0 Å². The van der Waals surface area contributed by atoms with Crippen molar-refractivity contribution in [1.29, 1.82) is 0 Å². The molecular weight excluding hydrogens is 552 g/mol. The third-order valence-electron chi connectivity index (χ3n) is 9.72. The maximum absolute atomic E-state index is 14.5. The van der Waals surface area contributed by atoms with Crippen LogP contribution in [0.2, 0.25) is 0 Å². The molecule has 0 saturated carbocycles. The second-order valence-electron chi connectivity index (χ2n) is 12.0. The molecule has 8 rings (SSSR count). The van der Waals surface area contributed by atoms with Crippen LogP contribution in [0.25, 0.3) is 0 Å².